The Hall–Kier alpha value is -2.95. The van der Waals surface area contributed by atoms with E-state index in [2.05, 4.69) is 15.1 Å². The van der Waals surface area contributed by atoms with Crippen molar-refractivity contribution in [3.63, 3.8) is 0 Å². The Morgan fingerprint density at radius 3 is 2.61 bits per heavy atom. The van der Waals surface area contributed by atoms with Crippen LogP contribution in [0.4, 0.5) is 10.6 Å². The van der Waals surface area contributed by atoms with Crippen LogP contribution in [0.15, 0.2) is 36.8 Å². The number of nitrogens with zero attached hydrogens (tertiary/aromatic N) is 6. The molecular weight excluding hydrogens is 444 g/mol. The first kappa shape index (κ1) is 23.2. The standard InChI is InChI=1S/C22H30N6O4S/c1-16-14-26(11-12-27(16)20(29)32-21(2,3)4)18-17-13-25-28(19(17)24-15-23-18)33(30,31)22(5)9-7-6-8-10-22/h6-9,13,15-16H,10-12,14H2,1-5H3/t16-,22?/m1/s1. The molecule has 2 aromatic rings. The molecule has 33 heavy (non-hydrogen) atoms. The number of anilines is 1. The number of hydrogen-bond acceptors (Lipinski definition) is 8. The van der Waals surface area contributed by atoms with Gasteiger partial charge in [-0.15, -0.1) is 4.09 Å². The molecule has 1 aliphatic carbocycles. The Labute approximate surface area is 194 Å². The maximum atomic E-state index is 13.4. The van der Waals surface area contributed by atoms with Crippen LogP contribution in [0.1, 0.15) is 41.0 Å². The summed E-state index contributed by atoms with van der Waals surface area (Å²) in [4.78, 5) is 25.0. The van der Waals surface area contributed by atoms with E-state index in [9.17, 15) is 13.2 Å². The summed E-state index contributed by atoms with van der Waals surface area (Å²) in [5, 5.41) is 4.76. The van der Waals surface area contributed by atoms with Crippen molar-refractivity contribution >= 4 is 33.0 Å². The largest absolute Gasteiger partial charge is 0.444 e. The molecule has 2 atom stereocenters. The number of allylic oxidation sites excluding steroid dienone is 3. The van der Waals surface area contributed by atoms with Crippen LogP contribution < -0.4 is 4.90 Å². The predicted molar refractivity (Wildman–Crippen MR) is 126 cm³/mol. The molecule has 2 aromatic heterocycles. The quantitative estimate of drug-likeness (QED) is 0.668. The van der Waals surface area contributed by atoms with Crippen molar-refractivity contribution in [3.8, 4) is 0 Å². The zero-order chi connectivity index (χ0) is 24.0. The van der Waals surface area contributed by atoms with Crippen LogP contribution in [0.25, 0.3) is 11.0 Å². The third kappa shape index (κ3) is 4.21. The fourth-order valence-corrected chi connectivity index (χ4v) is 5.57. The minimum atomic E-state index is -3.85. The average Bonchev–Trinajstić information content (AvgIpc) is 3.18. The van der Waals surface area contributed by atoms with Gasteiger partial charge in [0.25, 0.3) is 10.0 Å². The Bertz CT molecular complexity index is 1230. The van der Waals surface area contributed by atoms with E-state index in [1.165, 1.54) is 12.5 Å². The molecule has 2 aliphatic rings. The SMILES string of the molecule is C[C@@H]1CN(c2ncnc3c2cnn3S(=O)(=O)C2(C)C=CC=CC2)CCN1C(=O)OC(C)(C)C. The maximum Gasteiger partial charge on any atom is 0.410 e. The highest BCUT2D eigenvalue weighted by atomic mass is 32.2. The van der Waals surface area contributed by atoms with Crippen LogP contribution in [0.5, 0.6) is 0 Å². The minimum Gasteiger partial charge on any atom is -0.444 e. The summed E-state index contributed by atoms with van der Waals surface area (Å²) in [6.07, 6.45) is 9.94. The van der Waals surface area contributed by atoms with E-state index in [0.29, 0.717) is 37.3 Å². The summed E-state index contributed by atoms with van der Waals surface area (Å²) in [5.74, 6) is 0.598. The van der Waals surface area contributed by atoms with E-state index >= 15 is 0 Å². The van der Waals surface area contributed by atoms with Gasteiger partial charge in [-0.25, -0.2) is 23.2 Å². The molecule has 178 valence electrons. The molecule has 0 saturated carbocycles. The number of fused-ring (bicyclic) bond motifs is 1. The van der Waals surface area contributed by atoms with Crippen molar-refractivity contribution in [1.82, 2.24) is 24.1 Å². The van der Waals surface area contributed by atoms with Gasteiger partial charge in [-0.3, -0.25) is 0 Å². The minimum absolute atomic E-state index is 0.115. The first-order chi connectivity index (χ1) is 15.4. The second kappa shape index (κ2) is 8.12. The molecule has 10 nitrogen and oxygen atoms in total. The van der Waals surface area contributed by atoms with Gasteiger partial charge in [0.05, 0.1) is 11.6 Å². The lowest BCUT2D eigenvalue weighted by atomic mass is 10.0. The predicted octanol–water partition coefficient (Wildman–Crippen LogP) is 2.72. The van der Waals surface area contributed by atoms with Crippen LogP contribution in [-0.4, -0.2) is 74.6 Å². The molecule has 0 aromatic carbocycles. The number of carbonyl (C=O) groups excluding carboxylic acids is 1. The fourth-order valence-electron chi connectivity index (χ4n) is 4.08. The fraction of sp³-hybridized carbons (Fsp3) is 0.545. The normalized spacial score (nSPS) is 23.8. The highest BCUT2D eigenvalue weighted by Crippen LogP contribution is 2.32. The van der Waals surface area contributed by atoms with Crippen LogP contribution in [0, 0.1) is 0 Å². The Kier molecular flexibility index (Phi) is 5.71. The van der Waals surface area contributed by atoms with Crippen molar-refractivity contribution < 1.29 is 17.9 Å². The zero-order valence-electron chi connectivity index (χ0n) is 19.6. The van der Waals surface area contributed by atoms with E-state index in [1.54, 1.807) is 24.0 Å². The topological polar surface area (TPSA) is 111 Å². The van der Waals surface area contributed by atoms with E-state index in [4.69, 9.17) is 4.74 Å². The maximum absolute atomic E-state index is 13.4. The average molecular weight is 475 g/mol. The molecule has 0 bridgehead atoms. The lowest BCUT2D eigenvalue weighted by Crippen LogP contribution is -2.55. The smallest absolute Gasteiger partial charge is 0.410 e. The summed E-state index contributed by atoms with van der Waals surface area (Å²) in [5.41, 5.74) is -0.321. The van der Waals surface area contributed by atoms with Gasteiger partial charge in [0.2, 0.25) is 0 Å². The van der Waals surface area contributed by atoms with Gasteiger partial charge in [0, 0.05) is 25.7 Å². The molecule has 0 radical (unpaired) electrons. The molecule has 1 saturated heterocycles. The highest BCUT2D eigenvalue weighted by Gasteiger charge is 2.40. The first-order valence-corrected chi connectivity index (χ1v) is 12.4. The van der Waals surface area contributed by atoms with Gasteiger partial charge in [-0.05, 0) is 41.0 Å². The number of piperazine rings is 1. The summed E-state index contributed by atoms with van der Waals surface area (Å²) in [7, 11) is -3.85. The van der Waals surface area contributed by atoms with Crippen LogP contribution in [0.2, 0.25) is 0 Å². The molecular formula is C22H30N6O4S. The lowest BCUT2D eigenvalue weighted by Gasteiger charge is -2.40. The van der Waals surface area contributed by atoms with Gasteiger partial charge < -0.3 is 14.5 Å². The van der Waals surface area contributed by atoms with E-state index in [1.807, 2.05) is 44.7 Å². The van der Waals surface area contributed by atoms with Crippen LogP contribution in [-0.2, 0) is 14.8 Å². The number of carbonyl (C=O) groups is 1. The van der Waals surface area contributed by atoms with Crippen molar-refractivity contribution in [2.45, 2.75) is 57.4 Å². The Morgan fingerprint density at radius 2 is 1.97 bits per heavy atom. The van der Waals surface area contributed by atoms with Gasteiger partial charge in [-0.1, -0.05) is 24.3 Å². The van der Waals surface area contributed by atoms with Crippen molar-refractivity contribution in [2.24, 2.45) is 0 Å². The molecule has 1 aliphatic heterocycles. The number of hydrogen-bond donors (Lipinski definition) is 0. The summed E-state index contributed by atoms with van der Waals surface area (Å²) >= 11 is 0. The molecule has 1 unspecified atom stereocenters. The molecule has 1 amide bonds. The molecule has 4 rings (SSSR count). The van der Waals surface area contributed by atoms with E-state index in [-0.39, 0.29) is 17.8 Å². The van der Waals surface area contributed by atoms with Crippen molar-refractivity contribution in [2.75, 3.05) is 24.5 Å². The summed E-state index contributed by atoms with van der Waals surface area (Å²) < 4.78 is 32.3. The number of ether oxygens (including phenoxy) is 1. The third-order valence-corrected chi connectivity index (χ3v) is 8.11. The van der Waals surface area contributed by atoms with Crippen molar-refractivity contribution in [3.05, 3.63) is 36.8 Å². The highest BCUT2D eigenvalue weighted by molar-refractivity contribution is 7.91. The molecule has 0 spiro atoms. The van der Waals surface area contributed by atoms with Crippen LogP contribution in [0.3, 0.4) is 0 Å². The van der Waals surface area contributed by atoms with Crippen LogP contribution >= 0.6 is 0 Å². The van der Waals surface area contributed by atoms with Gasteiger partial charge >= 0.3 is 6.09 Å². The second-order valence-corrected chi connectivity index (χ2v) is 11.9. The van der Waals surface area contributed by atoms with Gasteiger partial charge in [-0.2, -0.15) is 5.10 Å². The number of rotatable bonds is 3. The monoisotopic (exact) mass is 474 g/mol. The molecule has 1 fully saturated rings. The third-order valence-electron chi connectivity index (χ3n) is 5.91. The van der Waals surface area contributed by atoms with E-state index in [0.717, 1.165) is 4.09 Å². The van der Waals surface area contributed by atoms with Gasteiger partial charge in [0.1, 0.15) is 22.5 Å². The van der Waals surface area contributed by atoms with Crippen molar-refractivity contribution in [1.29, 1.82) is 0 Å². The molecule has 3 heterocycles. The Balaban J connectivity index is 1.61. The zero-order valence-corrected chi connectivity index (χ0v) is 20.4. The second-order valence-electron chi connectivity index (χ2n) is 9.70. The molecule has 11 heteroatoms. The van der Waals surface area contributed by atoms with Gasteiger partial charge in [0.15, 0.2) is 5.65 Å². The number of aromatic nitrogens is 4. The number of amides is 1. The summed E-state index contributed by atoms with van der Waals surface area (Å²) in [6.45, 7) is 10.7. The summed E-state index contributed by atoms with van der Waals surface area (Å²) in [6, 6.07) is -0.115. The lowest BCUT2D eigenvalue weighted by molar-refractivity contribution is 0.0158. The molecule has 0 N–H and O–H groups in total. The Morgan fingerprint density at radius 1 is 1.21 bits per heavy atom. The first-order valence-electron chi connectivity index (χ1n) is 11.0. The van der Waals surface area contributed by atoms with E-state index < -0.39 is 20.4 Å².